The molecule has 1 fully saturated rings. The Hall–Kier alpha value is -0.930. The molecule has 1 atom stereocenters. The Kier molecular flexibility index (Phi) is 3.26. The van der Waals surface area contributed by atoms with Gasteiger partial charge in [-0.1, -0.05) is 12.1 Å². The van der Waals surface area contributed by atoms with Gasteiger partial charge in [0.25, 0.3) is 0 Å². The highest BCUT2D eigenvalue weighted by molar-refractivity contribution is 5.27. The quantitative estimate of drug-likeness (QED) is 0.717. The van der Waals surface area contributed by atoms with Crippen LogP contribution in [0.4, 0.5) is 4.39 Å². The number of likely N-dealkylation sites (N-methyl/N-ethyl adjacent to an activating group) is 2. The first-order valence-electron chi connectivity index (χ1n) is 5.73. The standard InChI is InChI=1S/C13H19FN2/c1-10-8-11(4-5-12(10)14)13-9-15(2)6-7-16(13)3/h4-5,8,13H,6-7,9H2,1-3H3. The molecular formula is C13H19FN2. The van der Waals surface area contributed by atoms with Crippen molar-refractivity contribution in [2.45, 2.75) is 13.0 Å². The monoisotopic (exact) mass is 222 g/mol. The van der Waals surface area contributed by atoms with Crippen LogP contribution in [0.2, 0.25) is 0 Å². The number of hydrogen-bond donors (Lipinski definition) is 0. The van der Waals surface area contributed by atoms with Gasteiger partial charge in [0, 0.05) is 25.7 Å². The molecule has 0 spiro atoms. The van der Waals surface area contributed by atoms with Gasteiger partial charge in [-0.2, -0.15) is 0 Å². The van der Waals surface area contributed by atoms with Crippen LogP contribution in [-0.4, -0.2) is 43.5 Å². The predicted molar refractivity (Wildman–Crippen MR) is 64.0 cm³/mol. The number of hydrogen-bond acceptors (Lipinski definition) is 2. The van der Waals surface area contributed by atoms with E-state index in [1.54, 1.807) is 6.07 Å². The molecule has 16 heavy (non-hydrogen) atoms. The Balaban J connectivity index is 2.24. The van der Waals surface area contributed by atoms with Crippen molar-refractivity contribution in [3.8, 4) is 0 Å². The molecule has 2 rings (SSSR count). The number of rotatable bonds is 1. The molecule has 3 heteroatoms. The van der Waals surface area contributed by atoms with Gasteiger partial charge >= 0.3 is 0 Å². The number of piperazine rings is 1. The van der Waals surface area contributed by atoms with E-state index in [1.807, 2.05) is 19.1 Å². The van der Waals surface area contributed by atoms with Crippen molar-refractivity contribution >= 4 is 0 Å². The topological polar surface area (TPSA) is 6.48 Å². The summed E-state index contributed by atoms with van der Waals surface area (Å²) in [4.78, 5) is 4.66. The maximum absolute atomic E-state index is 13.2. The maximum atomic E-state index is 13.2. The van der Waals surface area contributed by atoms with Crippen LogP contribution >= 0.6 is 0 Å². The summed E-state index contributed by atoms with van der Waals surface area (Å²) in [6, 6.07) is 5.84. The highest BCUT2D eigenvalue weighted by Gasteiger charge is 2.23. The molecule has 88 valence electrons. The zero-order chi connectivity index (χ0) is 11.7. The molecule has 0 bridgehead atoms. The fraction of sp³-hybridized carbons (Fsp3) is 0.538. The summed E-state index contributed by atoms with van der Waals surface area (Å²) >= 11 is 0. The molecule has 0 aliphatic carbocycles. The van der Waals surface area contributed by atoms with E-state index in [9.17, 15) is 4.39 Å². The summed E-state index contributed by atoms with van der Waals surface area (Å²) in [6.07, 6.45) is 0. The molecule has 1 aliphatic rings. The van der Waals surface area contributed by atoms with Crippen molar-refractivity contribution in [1.82, 2.24) is 9.80 Å². The lowest BCUT2D eigenvalue weighted by atomic mass is 10.0. The maximum Gasteiger partial charge on any atom is 0.126 e. The van der Waals surface area contributed by atoms with Crippen molar-refractivity contribution in [1.29, 1.82) is 0 Å². The molecule has 0 aromatic heterocycles. The van der Waals surface area contributed by atoms with Crippen LogP contribution in [-0.2, 0) is 0 Å². The van der Waals surface area contributed by atoms with Crippen molar-refractivity contribution in [2.75, 3.05) is 33.7 Å². The van der Waals surface area contributed by atoms with Gasteiger partial charge in [0.1, 0.15) is 5.82 Å². The van der Waals surface area contributed by atoms with Gasteiger partial charge in [-0.05, 0) is 38.2 Å². The summed E-state index contributed by atoms with van der Waals surface area (Å²) in [5.74, 6) is -0.115. The van der Waals surface area contributed by atoms with E-state index in [-0.39, 0.29) is 5.82 Å². The van der Waals surface area contributed by atoms with Crippen LogP contribution in [0.5, 0.6) is 0 Å². The minimum atomic E-state index is -0.115. The average molecular weight is 222 g/mol. The fourth-order valence-corrected chi connectivity index (χ4v) is 2.25. The third-order valence-electron chi connectivity index (χ3n) is 3.42. The Morgan fingerprint density at radius 3 is 2.69 bits per heavy atom. The molecule has 0 N–H and O–H groups in total. The normalized spacial score (nSPS) is 23.6. The van der Waals surface area contributed by atoms with Crippen molar-refractivity contribution in [2.24, 2.45) is 0 Å². The van der Waals surface area contributed by atoms with Gasteiger partial charge in [-0.25, -0.2) is 4.39 Å². The van der Waals surface area contributed by atoms with Crippen molar-refractivity contribution < 1.29 is 4.39 Å². The number of benzene rings is 1. The first-order valence-corrected chi connectivity index (χ1v) is 5.73. The third kappa shape index (κ3) is 2.25. The van der Waals surface area contributed by atoms with Crippen LogP contribution in [0, 0.1) is 12.7 Å². The Labute approximate surface area is 96.7 Å². The van der Waals surface area contributed by atoms with Crippen LogP contribution in [0.15, 0.2) is 18.2 Å². The van der Waals surface area contributed by atoms with E-state index >= 15 is 0 Å². The van der Waals surface area contributed by atoms with Crippen molar-refractivity contribution in [3.05, 3.63) is 35.1 Å². The largest absolute Gasteiger partial charge is 0.303 e. The van der Waals surface area contributed by atoms with Crippen LogP contribution < -0.4 is 0 Å². The second-order valence-corrected chi connectivity index (χ2v) is 4.77. The Morgan fingerprint density at radius 1 is 1.25 bits per heavy atom. The number of nitrogens with zero attached hydrogens (tertiary/aromatic N) is 2. The predicted octanol–water partition coefficient (Wildman–Crippen LogP) is 2.05. The number of aryl methyl sites for hydroxylation is 1. The second kappa shape index (κ2) is 4.52. The zero-order valence-corrected chi connectivity index (χ0v) is 10.2. The molecule has 1 heterocycles. The minimum absolute atomic E-state index is 0.115. The van der Waals surface area contributed by atoms with E-state index in [2.05, 4.69) is 23.9 Å². The molecule has 1 saturated heterocycles. The number of halogens is 1. The highest BCUT2D eigenvalue weighted by Crippen LogP contribution is 2.24. The van der Waals surface area contributed by atoms with Crippen LogP contribution in [0.1, 0.15) is 17.2 Å². The van der Waals surface area contributed by atoms with Gasteiger partial charge in [0.05, 0.1) is 0 Å². The Morgan fingerprint density at radius 2 is 2.00 bits per heavy atom. The molecule has 0 radical (unpaired) electrons. The minimum Gasteiger partial charge on any atom is -0.303 e. The molecule has 1 aromatic carbocycles. The molecule has 0 amide bonds. The van der Waals surface area contributed by atoms with Gasteiger partial charge in [-0.3, -0.25) is 4.90 Å². The molecular weight excluding hydrogens is 203 g/mol. The molecule has 0 saturated carbocycles. The van der Waals surface area contributed by atoms with E-state index in [4.69, 9.17) is 0 Å². The van der Waals surface area contributed by atoms with E-state index in [1.165, 1.54) is 5.56 Å². The first-order chi connectivity index (χ1) is 7.58. The van der Waals surface area contributed by atoms with Crippen LogP contribution in [0.3, 0.4) is 0 Å². The van der Waals surface area contributed by atoms with E-state index in [0.29, 0.717) is 6.04 Å². The van der Waals surface area contributed by atoms with Crippen LogP contribution in [0.25, 0.3) is 0 Å². The Bertz CT molecular complexity index is 378. The average Bonchev–Trinajstić information content (AvgIpc) is 2.26. The summed E-state index contributed by atoms with van der Waals surface area (Å²) in [5, 5.41) is 0. The molecule has 1 unspecified atom stereocenters. The summed E-state index contributed by atoms with van der Waals surface area (Å²) in [7, 11) is 4.27. The summed E-state index contributed by atoms with van der Waals surface area (Å²) in [5.41, 5.74) is 1.95. The highest BCUT2D eigenvalue weighted by atomic mass is 19.1. The van der Waals surface area contributed by atoms with E-state index < -0.39 is 0 Å². The molecule has 1 aromatic rings. The lowest BCUT2D eigenvalue weighted by Crippen LogP contribution is -2.44. The van der Waals surface area contributed by atoms with Gasteiger partial charge in [0.15, 0.2) is 0 Å². The zero-order valence-electron chi connectivity index (χ0n) is 10.2. The SMILES string of the molecule is Cc1cc(C2CN(C)CCN2C)ccc1F. The summed E-state index contributed by atoms with van der Waals surface area (Å²) in [6.45, 7) is 5.01. The molecule has 2 nitrogen and oxygen atoms in total. The first kappa shape index (κ1) is 11.6. The second-order valence-electron chi connectivity index (χ2n) is 4.77. The lowest BCUT2D eigenvalue weighted by molar-refractivity contribution is 0.115. The molecule has 1 aliphatic heterocycles. The smallest absolute Gasteiger partial charge is 0.126 e. The van der Waals surface area contributed by atoms with Crippen molar-refractivity contribution in [3.63, 3.8) is 0 Å². The fourth-order valence-electron chi connectivity index (χ4n) is 2.25. The van der Waals surface area contributed by atoms with Gasteiger partial charge in [-0.15, -0.1) is 0 Å². The lowest BCUT2D eigenvalue weighted by Gasteiger charge is -2.38. The van der Waals surface area contributed by atoms with E-state index in [0.717, 1.165) is 25.2 Å². The third-order valence-corrected chi connectivity index (χ3v) is 3.42. The van der Waals surface area contributed by atoms with Gasteiger partial charge in [0.2, 0.25) is 0 Å². The summed E-state index contributed by atoms with van der Waals surface area (Å²) < 4.78 is 13.2. The van der Waals surface area contributed by atoms with Gasteiger partial charge < -0.3 is 4.90 Å².